The summed E-state index contributed by atoms with van der Waals surface area (Å²) >= 11 is 0. The van der Waals surface area contributed by atoms with Crippen molar-refractivity contribution in [2.24, 2.45) is 5.92 Å². The van der Waals surface area contributed by atoms with Crippen LogP contribution >= 0.6 is 0 Å². The molecule has 1 aliphatic heterocycles. The van der Waals surface area contributed by atoms with Gasteiger partial charge in [-0.05, 0) is 18.9 Å². The van der Waals surface area contributed by atoms with Crippen molar-refractivity contribution in [2.45, 2.75) is 26.1 Å². The van der Waals surface area contributed by atoms with Gasteiger partial charge in [-0.25, -0.2) is 4.79 Å². The van der Waals surface area contributed by atoms with Crippen LogP contribution in [-0.2, 0) is 16.1 Å². The molecular weight excluding hydrogens is 254 g/mol. The summed E-state index contributed by atoms with van der Waals surface area (Å²) in [6, 6.07) is 9.62. The van der Waals surface area contributed by atoms with Crippen LogP contribution in [0.4, 0.5) is 4.79 Å². The van der Waals surface area contributed by atoms with Gasteiger partial charge in [-0.2, -0.15) is 0 Å². The zero-order valence-electron chi connectivity index (χ0n) is 11.8. The molecule has 1 fully saturated rings. The summed E-state index contributed by atoms with van der Waals surface area (Å²) in [5.41, 5.74) is 1.98. The number of hydrogen-bond acceptors (Lipinski definition) is 3. The molecule has 1 N–H and O–H groups in total. The standard InChI is InChI=1S/C16H21NO3/c1-12(2)15-14(8-9-19-15)10-17-16(18)20-11-13-6-4-3-5-7-13/h3-7,14-15H,1,8-11H2,2H3,(H,17,18). The van der Waals surface area contributed by atoms with Crippen LogP contribution in [0.2, 0.25) is 0 Å². The van der Waals surface area contributed by atoms with Crippen LogP contribution < -0.4 is 5.32 Å². The molecule has 1 saturated heterocycles. The van der Waals surface area contributed by atoms with Crippen LogP contribution in [0.3, 0.4) is 0 Å². The number of benzene rings is 1. The van der Waals surface area contributed by atoms with E-state index in [0.717, 1.165) is 24.2 Å². The van der Waals surface area contributed by atoms with Gasteiger partial charge in [0.15, 0.2) is 0 Å². The van der Waals surface area contributed by atoms with E-state index in [9.17, 15) is 4.79 Å². The van der Waals surface area contributed by atoms with Gasteiger partial charge in [-0.15, -0.1) is 0 Å². The predicted octanol–water partition coefficient (Wildman–Crippen LogP) is 2.89. The number of nitrogens with one attached hydrogen (secondary N) is 1. The average molecular weight is 275 g/mol. The summed E-state index contributed by atoms with van der Waals surface area (Å²) in [5.74, 6) is 0.289. The summed E-state index contributed by atoms with van der Waals surface area (Å²) in [4.78, 5) is 11.7. The fourth-order valence-electron chi connectivity index (χ4n) is 2.38. The smallest absolute Gasteiger partial charge is 0.407 e. The molecule has 4 heteroatoms. The number of ether oxygens (including phenoxy) is 2. The quantitative estimate of drug-likeness (QED) is 0.841. The Hall–Kier alpha value is -1.81. The Labute approximate surface area is 119 Å². The second-order valence-corrected chi connectivity index (χ2v) is 5.13. The molecule has 0 aliphatic carbocycles. The molecule has 0 spiro atoms. The van der Waals surface area contributed by atoms with Gasteiger partial charge in [-0.1, -0.05) is 42.5 Å². The summed E-state index contributed by atoms with van der Waals surface area (Å²) in [6.07, 6.45) is 0.599. The van der Waals surface area contributed by atoms with E-state index in [0.29, 0.717) is 6.54 Å². The van der Waals surface area contributed by atoms with Crippen LogP contribution in [0.15, 0.2) is 42.5 Å². The summed E-state index contributed by atoms with van der Waals surface area (Å²) in [7, 11) is 0. The first-order valence-electron chi connectivity index (χ1n) is 6.88. The minimum atomic E-state index is -0.388. The molecule has 2 atom stereocenters. The van der Waals surface area contributed by atoms with Crippen molar-refractivity contribution >= 4 is 6.09 Å². The molecule has 4 nitrogen and oxygen atoms in total. The molecule has 2 rings (SSSR count). The van der Waals surface area contributed by atoms with Crippen molar-refractivity contribution in [3.63, 3.8) is 0 Å². The largest absolute Gasteiger partial charge is 0.445 e. The molecular formula is C16H21NO3. The Balaban J connectivity index is 1.71. The fraction of sp³-hybridized carbons (Fsp3) is 0.438. The Morgan fingerprint density at radius 3 is 2.90 bits per heavy atom. The Morgan fingerprint density at radius 2 is 2.20 bits per heavy atom. The monoisotopic (exact) mass is 275 g/mol. The minimum absolute atomic E-state index is 0.0458. The van der Waals surface area contributed by atoms with Gasteiger partial charge in [-0.3, -0.25) is 0 Å². The van der Waals surface area contributed by atoms with Gasteiger partial charge in [0.2, 0.25) is 0 Å². The highest BCUT2D eigenvalue weighted by Gasteiger charge is 2.28. The van der Waals surface area contributed by atoms with E-state index in [4.69, 9.17) is 9.47 Å². The summed E-state index contributed by atoms with van der Waals surface area (Å²) < 4.78 is 10.8. The number of amides is 1. The van der Waals surface area contributed by atoms with E-state index in [1.807, 2.05) is 37.3 Å². The van der Waals surface area contributed by atoms with Gasteiger partial charge in [0.1, 0.15) is 6.61 Å². The number of alkyl carbamates (subject to hydrolysis) is 1. The lowest BCUT2D eigenvalue weighted by molar-refractivity contribution is 0.114. The Kier molecular flexibility index (Phi) is 5.18. The molecule has 0 saturated carbocycles. The third-order valence-electron chi connectivity index (χ3n) is 3.42. The molecule has 0 aromatic heterocycles. The lowest BCUT2D eigenvalue weighted by Crippen LogP contribution is -2.33. The lowest BCUT2D eigenvalue weighted by Gasteiger charge is -2.18. The third-order valence-corrected chi connectivity index (χ3v) is 3.42. The maximum atomic E-state index is 11.7. The van der Waals surface area contributed by atoms with Crippen LogP contribution in [0, 0.1) is 5.92 Å². The highest BCUT2D eigenvalue weighted by Crippen LogP contribution is 2.25. The molecule has 1 amide bonds. The van der Waals surface area contributed by atoms with Crippen molar-refractivity contribution in [1.82, 2.24) is 5.32 Å². The van der Waals surface area contributed by atoms with E-state index in [2.05, 4.69) is 11.9 Å². The zero-order chi connectivity index (χ0) is 14.4. The fourth-order valence-corrected chi connectivity index (χ4v) is 2.38. The second-order valence-electron chi connectivity index (χ2n) is 5.13. The van der Waals surface area contributed by atoms with E-state index < -0.39 is 0 Å². The highest BCUT2D eigenvalue weighted by molar-refractivity contribution is 5.67. The number of carbonyl (C=O) groups excluding carboxylic acids is 1. The Bertz CT molecular complexity index is 458. The highest BCUT2D eigenvalue weighted by atomic mass is 16.5. The minimum Gasteiger partial charge on any atom is -0.445 e. The topological polar surface area (TPSA) is 47.6 Å². The molecule has 0 radical (unpaired) electrons. The molecule has 2 unspecified atom stereocenters. The number of hydrogen-bond donors (Lipinski definition) is 1. The Morgan fingerprint density at radius 1 is 1.45 bits per heavy atom. The van der Waals surface area contributed by atoms with E-state index in [1.165, 1.54) is 0 Å². The van der Waals surface area contributed by atoms with E-state index >= 15 is 0 Å². The molecule has 1 aromatic carbocycles. The summed E-state index contributed by atoms with van der Waals surface area (Å²) in [6.45, 7) is 7.45. The first-order valence-corrected chi connectivity index (χ1v) is 6.88. The van der Waals surface area contributed by atoms with Crippen molar-refractivity contribution in [2.75, 3.05) is 13.2 Å². The van der Waals surface area contributed by atoms with Crippen molar-refractivity contribution in [3.8, 4) is 0 Å². The lowest BCUT2D eigenvalue weighted by atomic mass is 9.97. The maximum absolute atomic E-state index is 11.7. The SMILES string of the molecule is C=C(C)C1OCCC1CNC(=O)OCc1ccccc1. The molecule has 1 aromatic rings. The molecule has 108 valence electrons. The van der Waals surface area contributed by atoms with Gasteiger partial charge < -0.3 is 14.8 Å². The molecule has 1 heterocycles. The number of carbonyl (C=O) groups is 1. The van der Waals surface area contributed by atoms with Gasteiger partial charge in [0.05, 0.1) is 6.10 Å². The van der Waals surface area contributed by atoms with Crippen molar-refractivity contribution < 1.29 is 14.3 Å². The normalized spacial score (nSPS) is 21.4. The zero-order valence-corrected chi connectivity index (χ0v) is 11.8. The van der Waals surface area contributed by atoms with Gasteiger partial charge >= 0.3 is 6.09 Å². The molecule has 0 bridgehead atoms. The van der Waals surface area contributed by atoms with Crippen molar-refractivity contribution in [1.29, 1.82) is 0 Å². The number of rotatable bonds is 5. The maximum Gasteiger partial charge on any atom is 0.407 e. The van der Waals surface area contributed by atoms with Crippen LogP contribution in [0.25, 0.3) is 0 Å². The third kappa shape index (κ3) is 4.10. The summed E-state index contributed by atoms with van der Waals surface area (Å²) in [5, 5.41) is 2.80. The van der Waals surface area contributed by atoms with Crippen molar-refractivity contribution in [3.05, 3.63) is 48.0 Å². The van der Waals surface area contributed by atoms with E-state index in [1.54, 1.807) is 0 Å². The van der Waals surface area contributed by atoms with Crippen LogP contribution in [0.1, 0.15) is 18.9 Å². The van der Waals surface area contributed by atoms with Gasteiger partial charge in [0, 0.05) is 19.1 Å². The average Bonchev–Trinajstić information content (AvgIpc) is 2.92. The van der Waals surface area contributed by atoms with Crippen LogP contribution in [-0.4, -0.2) is 25.3 Å². The second kappa shape index (κ2) is 7.10. The predicted molar refractivity (Wildman–Crippen MR) is 77.3 cm³/mol. The molecule has 1 aliphatic rings. The van der Waals surface area contributed by atoms with E-state index in [-0.39, 0.29) is 24.7 Å². The first-order chi connectivity index (χ1) is 9.66. The van der Waals surface area contributed by atoms with Crippen LogP contribution in [0.5, 0.6) is 0 Å². The van der Waals surface area contributed by atoms with Gasteiger partial charge in [0.25, 0.3) is 0 Å². The molecule has 20 heavy (non-hydrogen) atoms. The first kappa shape index (κ1) is 14.6.